The lowest BCUT2D eigenvalue weighted by Crippen LogP contribution is -2.17. The molecule has 0 aliphatic carbocycles. The van der Waals surface area contributed by atoms with E-state index in [1.807, 2.05) is 0 Å². The summed E-state index contributed by atoms with van der Waals surface area (Å²) in [6.07, 6.45) is -1.80. The van der Waals surface area contributed by atoms with Gasteiger partial charge >= 0.3 is 5.97 Å². The van der Waals surface area contributed by atoms with Crippen LogP contribution in [0.3, 0.4) is 0 Å². The maximum Gasteiger partial charge on any atom is 0.345 e. The van der Waals surface area contributed by atoms with Crippen LogP contribution in [0.5, 0.6) is 11.5 Å². The second-order valence-electron chi connectivity index (χ2n) is 3.74. The lowest BCUT2D eigenvalue weighted by atomic mass is 10.0. The van der Waals surface area contributed by atoms with Crippen molar-refractivity contribution in [1.29, 1.82) is 0 Å². The predicted octanol–water partition coefficient (Wildman–Crippen LogP) is 1.95. The van der Waals surface area contributed by atoms with Crippen LogP contribution < -0.4 is 9.47 Å². The SMILES string of the molecule is COC(=O)C(F)c1cc2c(cc1C)OCCO2. The van der Waals surface area contributed by atoms with Crippen LogP contribution in [-0.4, -0.2) is 26.3 Å². The van der Waals surface area contributed by atoms with Crippen LogP contribution in [0.25, 0.3) is 0 Å². The van der Waals surface area contributed by atoms with Crippen molar-refractivity contribution < 1.29 is 23.4 Å². The number of halogens is 1. The summed E-state index contributed by atoms with van der Waals surface area (Å²) < 4.78 is 28.9. The first-order valence-corrected chi connectivity index (χ1v) is 5.25. The highest BCUT2D eigenvalue weighted by Crippen LogP contribution is 2.36. The van der Waals surface area contributed by atoms with E-state index in [1.165, 1.54) is 6.07 Å². The molecule has 1 atom stereocenters. The Morgan fingerprint density at radius 1 is 1.35 bits per heavy atom. The number of aryl methyl sites for hydroxylation is 1. The third-order valence-corrected chi connectivity index (χ3v) is 2.61. The molecule has 1 unspecified atom stereocenters. The molecule has 0 spiro atoms. The molecule has 0 radical (unpaired) electrons. The first-order chi connectivity index (χ1) is 8.13. The van der Waals surface area contributed by atoms with E-state index in [9.17, 15) is 9.18 Å². The Morgan fingerprint density at radius 3 is 2.53 bits per heavy atom. The summed E-state index contributed by atoms with van der Waals surface area (Å²) in [4.78, 5) is 11.2. The third-order valence-electron chi connectivity index (χ3n) is 2.61. The molecule has 5 heteroatoms. The minimum atomic E-state index is -1.80. The van der Waals surface area contributed by atoms with Crippen molar-refractivity contribution >= 4 is 5.97 Å². The second-order valence-corrected chi connectivity index (χ2v) is 3.74. The maximum absolute atomic E-state index is 13.8. The summed E-state index contributed by atoms with van der Waals surface area (Å²) in [5.41, 5.74) is 0.883. The number of hydrogen-bond acceptors (Lipinski definition) is 4. The Kier molecular flexibility index (Phi) is 3.17. The van der Waals surface area contributed by atoms with Gasteiger partial charge in [0.05, 0.1) is 7.11 Å². The van der Waals surface area contributed by atoms with E-state index in [1.54, 1.807) is 13.0 Å². The van der Waals surface area contributed by atoms with Crippen LogP contribution in [0.2, 0.25) is 0 Å². The van der Waals surface area contributed by atoms with E-state index in [0.29, 0.717) is 30.3 Å². The molecule has 1 heterocycles. The first-order valence-electron chi connectivity index (χ1n) is 5.25. The van der Waals surface area contributed by atoms with Crippen LogP contribution in [0.4, 0.5) is 4.39 Å². The Morgan fingerprint density at radius 2 is 1.94 bits per heavy atom. The van der Waals surface area contributed by atoms with Gasteiger partial charge in [0, 0.05) is 5.56 Å². The van der Waals surface area contributed by atoms with E-state index in [4.69, 9.17) is 9.47 Å². The lowest BCUT2D eigenvalue weighted by Gasteiger charge is -2.20. The van der Waals surface area contributed by atoms with Gasteiger partial charge in [-0.3, -0.25) is 0 Å². The monoisotopic (exact) mass is 240 g/mol. The highest BCUT2D eigenvalue weighted by atomic mass is 19.1. The number of rotatable bonds is 2. The van der Waals surface area contributed by atoms with Crippen molar-refractivity contribution in [2.75, 3.05) is 20.3 Å². The summed E-state index contributed by atoms with van der Waals surface area (Å²) in [7, 11) is 1.16. The molecule has 1 aliphatic heterocycles. The maximum atomic E-state index is 13.8. The van der Waals surface area contributed by atoms with Gasteiger partial charge in [0.25, 0.3) is 0 Å². The molecule has 0 aromatic heterocycles. The fourth-order valence-corrected chi connectivity index (χ4v) is 1.71. The average molecular weight is 240 g/mol. The number of carbonyl (C=O) groups excluding carboxylic acids is 1. The van der Waals surface area contributed by atoms with Crippen molar-refractivity contribution in [2.24, 2.45) is 0 Å². The number of benzene rings is 1. The number of hydrogen-bond donors (Lipinski definition) is 0. The van der Waals surface area contributed by atoms with Crippen molar-refractivity contribution in [1.82, 2.24) is 0 Å². The normalized spacial score (nSPS) is 15.2. The zero-order valence-corrected chi connectivity index (χ0v) is 9.66. The van der Waals surface area contributed by atoms with E-state index >= 15 is 0 Å². The lowest BCUT2D eigenvalue weighted by molar-refractivity contribution is -0.146. The molecule has 1 aliphatic rings. The van der Waals surface area contributed by atoms with Gasteiger partial charge in [-0.1, -0.05) is 0 Å². The Labute approximate surface area is 98.3 Å². The molecule has 1 aromatic rings. The van der Waals surface area contributed by atoms with Gasteiger partial charge in [-0.05, 0) is 24.6 Å². The topological polar surface area (TPSA) is 44.8 Å². The number of carbonyl (C=O) groups is 1. The van der Waals surface area contributed by atoms with Crippen LogP contribution in [0, 0.1) is 6.92 Å². The summed E-state index contributed by atoms with van der Waals surface area (Å²) >= 11 is 0. The standard InChI is InChI=1S/C12H13FO4/c1-7-5-9-10(17-4-3-16-9)6-8(7)11(13)12(14)15-2/h5-6,11H,3-4H2,1-2H3. The van der Waals surface area contributed by atoms with Crippen molar-refractivity contribution in [2.45, 2.75) is 13.1 Å². The molecule has 0 amide bonds. The van der Waals surface area contributed by atoms with Crippen molar-refractivity contribution in [3.8, 4) is 11.5 Å². The van der Waals surface area contributed by atoms with Gasteiger partial charge in [-0.15, -0.1) is 0 Å². The van der Waals surface area contributed by atoms with Crippen molar-refractivity contribution in [3.05, 3.63) is 23.3 Å². The first kappa shape index (κ1) is 11.7. The molecule has 17 heavy (non-hydrogen) atoms. The van der Waals surface area contributed by atoms with Gasteiger partial charge in [0.1, 0.15) is 13.2 Å². The molecule has 4 nitrogen and oxygen atoms in total. The number of esters is 1. The highest BCUT2D eigenvalue weighted by Gasteiger charge is 2.25. The second kappa shape index (κ2) is 4.61. The number of alkyl halides is 1. The zero-order valence-electron chi connectivity index (χ0n) is 9.66. The van der Waals surface area contributed by atoms with E-state index in [2.05, 4.69) is 4.74 Å². The molecule has 0 saturated carbocycles. The smallest absolute Gasteiger partial charge is 0.345 e. The van der Waals surface area contributed by atoms with Crippen LogP contribution in [0.1, 0.15) is 17.3 Å². The van der Waals surface area contributed by atoms with Crippen LogP contribution >= 0.6 is 0 Å². The quantitative estimate of drug-likeness (QED) is 0.741. The van der Waals surface area contributed by atoms with E-state index in [-0.39, 0.29) is 5.56 Å². The average Bonchev–Trinajstić information content (AvgIpc) is 2.36. The summed E-state index contributed by atoms with van der Waals surface area (Å²) in [5.74, 6) is 0.128. The molecular formula is C12H13FO4. The van der Waals surface area contributed by atoms with Crippen molar-refractivity contribution in [3.63, 3.8) is 0 Å². The zero-order chi connectivity index (χ0) is 12.4. The third kappa shape index (κ3) is 2.18. The fraction of sp³-hybridized carbons (Fsp3) is 0.417. The highest BCUT2D eigenvalue weighted by molar-refractivity contribution is 5.77. The molecule has 0 N–H and O–H groups in total. The van der Waals surface area contributed by atoms with Gasteiger partial charge < -0.3 is 14.2 Å². The Hall–Kier alpha value is -1.78. The molecular weight excluding hydrogens is 227 g/mol. The van der Waals surface area contributed by atoms with E-state index in [0.717, 1.165) is 7.11 Å². The predicted molar refractivity (Wildman–Crippen MR) is 58.0 cm³/mol. The van der Waals surface area contributed by atoms with Gasteiger partial charge in [0.15, 0.2) is 11.5 Å². The van der Waals surface area contributed by atoms with Gasteiger partial charge in [0.2, 0.25) is 6.17 Å². The van der Waals surface area contributed by atoms with Crippen LogP contribution in [0.15, 0.2) is 12.1 Å². The van der Waals surface area contributed by atoms with E-state index < -0.39 is 12.1 Å². The largest absolute Gasteiger partial charge is 0.486 e. The van der Waals surface area contributed by atoms with Gasteiger partial charge in [-0.2, -0.15) is 0 Å². The molecule has 0 saturated heterocycles. The minimum absolute atomic E-state index is 0.251. The molecule has 92 valence electrons. The molecule has 0 fully saturated rings. The van der Waals surface area contributed by atoms with Crippen LogP contribution in [-0.2, 0) is 9.53 Å². The molecule has 0 bridgehead atoms. The fourth-order valence-electron chi connectivity index (χ4n) is 1.71. The molecule has 2 rings (SSSR count). The Bertz CT molecular complexity index is 444. The Balaban J connectivity index is 2.37. The summed E-state index contributed by atoms with van der Waals surface area (Å²) in [6.45, 7) is 2.61. The minimum Gasteiger partial charge on any atom is -0.486 e. The number of methoxy groups -OCH3 is 1. The summed E-state index contributed by atoms with van der Waals surface area (Å²) in [5, 5.41) is 0. The summed E-state index contributed by atoms with van der Waals surface area (Å²) in [6, 6.07) is 3.16. The number of fused-ring (bicyclic) bond motifs is 1. The number of ether oxygens (including phenoxy) is 3. The molecule has 1 aromatic carbocycles. The van der Waals surface area contributed by atoms with Gasteiger partial charge in [-0.25, -0.2) is 9.18 Å².